The molecule has 1 saturated heterocycles. The predicted octanol–water partition coefficient (Wildman–Crippen LogP) is 2.41. The van der Waals surface area contributed by atoms with Gasteiger partial charge in [0.1, 0.15) is 12.7 Å². The van der Waals surface area contributed by atoms with Crippen molar-refractivity contribution in [3.05, 3.63) is 29.8 Å². The molecule has 1 fully saturated rings. The Kier molecular flexibility index (Phi) is 8.05. The van der Waals surface area contributed by atoms with Crippen molar-refractivity contribution in [3.63, 3.8) is 0 Å². The summed E-state index contributed by atoms with van der Waals surface area (Å²) >= 11 is 1.11. The maximum absolute atomic E-state index is 12.8. The van der Waals surface area contributed by atoms with E-state index in [9.17, 15) is 4.79 Å². The van der Waals surface area contributed by atoms with Crippen LogP contribution in [0, 0.1) is 0 Å². The normalized spacial score (nSPS) is 15.4. The topological polar surface area (TPSA) is 97.8 Å². The molecule has 0 unspecified atom stereocenters. The number of hydrogen-bond acceptors (Lipinski definition) is 10. The molecule has 0 amide bonds. The molecular formula is C21H31N5O4S. The highest BCUT2D eigenvalue weighted by atomic mass is 32.1. The predicted molar refractivity (Wildman–Crippen MR) is 121 cm³/mol. The second kappa shape index (κ2) is 10.7. The number of rotatable bonds is 9. The first kappa shape index (κ1) is 23.2. The first-order valence-electron chi connectivity index (χ1n) is 10.4. The van der Waals surface area contributed by atoms with Gasteiger partial charge in [-0.15, -0.1) is 4.37 Å². The van der Waals surface area contributed by atoms with E-state index >= 15 is 0 Å². The number of esters is 1. The molecule has 2 aromatic rings. The summed E-state index contributed by atoms with van der Waals surface area (Å²) in [7, 11) is 1.77. The number of carbonyl (C=O) groups is 1. The summed E-state index contributed by atoms with van der Waals surface area (Å²) in [6.45, 7) is 9.58. The molecule has 170 valence electrons. The number of aromatic nitrogens is 2. The Labute approximate surface area is 187 Å². The quantitative estimate of drug-likeness (QED) is 0.559. The number of morpholine rings is 1. The van der Waals surface area contributed by atoms with Crippen LogP contribution in [0.15, 0.2) is 24.3 Å². The molecule has 1 aliphatic rings. The molecule has 2 heterocycles. The largest absolute Gasteiger partial charge is 0.470 e. The van der Waals surface area contributed by atoms with Crippen molar-refractivity contribution in [2.75, 3.05) is 56.7 Å². The van der Waals surface area contributed by atoms with Crippen molar-refractivity contribution in [1.82, 2.24) is 14.1 Å². The van der Waals surface area contributed by atoms with Crippen LogP contribution < -0.4 is 20.3 Å². The van der Waals surface area contributed by atoms with Gasteiger partial charge in [-0.3, -0.25) is 0 Å². The fourth-order valence-electron chi connectivity index (χ4n) is 3.06. The van der Waals surface area contributed by atoms with Gasteiger partial charge in [0.05, 0.1) is 30.5 Å². The Morgan fingerprint density at radius 1 is 1.26 bits per heavy atom. The van der Waals surface area contributed by atoms with E-state index in [1.165, 1.54) is 0 Å². The number of carbonyl (C=O) groups excluding carboxylic acids is 1. The molecule has 1 aliphatic heterocycles. The van der Waals surface area contributed by atoms with E-state index in [4.69, 9.17) is 14.2 Å². The number of nitrogens with zero attached hydrogens (tertiary/aromatic N) is 3. The number of nitrogens with one attached hydrogen (secondary N) is 2. The van der Waals surface area contributed by atoms with Crippen LogP contribution in [0.25, 0.3) is 0 Å². The molecule has 31 heavy (non-hydrogen) atoms. The van der Waals surface area contributed by atoms with Crippen LogP contribution >= 0.6 is 11.7 Å². The maximum atomic E-state index is 12.8. The minimum atomic E-state index is -0.504. The third-order valence-electron chi connectivity index (χ3n) is 4.71. The molecule has 3 rings (SSSR count). The Balaban J connectivity index is 1.68. The van der Waals surface area contributed by atoms with Gasteiger partial charge < -0.3 is 29.7 Å². The van der Waals surface area contributed by atoms with E-state index in [2.05, 4.69) is 45.1 Å². The van der Waals surface area contributed by atoms with Crippen LogP contribution in [-0.4, -0.2) is 72.9 Å². The lowest BCUT2D eigenvalue weighted by atomic mass is 10.1. The molecule has 1 atom stereocenters. The average Bonchev–Trinajstić information content (AvgIpc) is 3.24. The van der Waals surface area contributed by atoms with E-state index < -0.39 is 12.1 Å². The van der Waals surface area contributed by atoms with Crippen LogP contribution in [0.4, 0.5) is 11.5 Å². The molecule has 0 spiro atoms. The van der Waals surface area contributed by atoms with E-state index in [0.29, 0.717) is 42.7 Å². The van der Waals surface area contributed by atoms with Gasteiger partial charge in [-0.05, 0) is 32.9 Å². The smallest absolute Gasteiger partial charge is 0.340 e. The summed E-state index contributed by atoms with van der Waals surface area (Å²) in [5, 5.41) is 6.41. The minimum absolute atomic E-state index is 0.130. The molecule has 2 N–H and O–H groups in total. The molecule has 0 saturated carbocycles. The van der Waals surface area contributed by atoms with Crippen molar-refractivity contribution in [2.24, 2.45) is 0 Å². The Hall–Kier alpha value is -2.43. The average molecular weight is 450 g/mol. The number of para-hydroxylation sites is 1. The van der Waals surface area contributed by atoms with Gasteiger partial charge in [-0.2, -0.15) is 4.37 Å². The van der Waals surface area contributed by atoms with Gasteiger partial charge in [0.15, 0.2) is 0 Å². The molecule has 0 bridgehead atoms. The van der Waals surface area contributed by atoms with E-state index in [1.807, 2.05) is 18.2 Å². The first-order valence-corrected chi connectivity index (χ1v) is 11.1. The van der Waals surface area contributed by atoms with Gasteiger partial charge in [-0.1, -0.05) is 12.1 Å². The zero-order valence-electron chi connectivity index (χ0n) is 18.5. The summed E-state index contributed by atoms with van der Waals surface area (Å²) < 4.78 is 25.9. The SMILES string of the molecule is CNc1ccccc1C(=O)O[C@@H](CNC(C)(C)C)COc1nsnc1N1CCOCC1. The number of ether oxygens (including phenoxy) is 3. The summed E-state index contributed by atoms with van der Waals surface area (Å²) in [4.78, 5) is 14.9. The Morgan fingerprint density at radius 3 is 2.71 bits per heavy atom. The third-order valence-corrected chi connectivity index (χ3v) is 5.21. The first-order chi connectivity index (χ1) is 14.9. The molecule has 10 heteroatoms. The molecule has 9 nitrogen and oxygen atoms in total. The molecule has 0 radical (unpaired) electrons. The second-order valence-electron chi connectivity index (χ2n) is 8.26. The van der Waals surface area contributed by atoms with Gasteiger partial charge >= 0.3 is 5.97 Å². The number of benzene rings is 1. The summed E-state index contributed by atoms with van der Waals surface area (Å²) in [5.74, 6) is 0.765. The fourth-order valence-corrected chi connectivity index (χ4v) is 3.58. The van der Waals surface area contributed by atoms with Gasteiger partial charge in [-0.25, -0.2) is 4.79 Å². The van der Waals surface area contributed by atoms with Crippen LogP contribution in [0.2, 0.25) is 0 Å². The standard InChI is InChI=1S/C21H31N5O4S/c1-21(2,3)23-13-15(30-20(27)16-7-5-6-8-17(16)22-4)14-29-19-18(24-31-25-19)26-9-11-28-12-10-26/h5-8,15,22-23H,9-14H2,1-4H3/t15-/m0/s1. The second-order valence-corrected chi connectivity index (χ2v) is 8.79. The van der Waals surface area contributed by atoms with Crippen molar-refractivity contribution >= 4 is 29.2 Å². The monoisotopic (exact) mass is 449 g/mol. The van der Waals surface area contributed by atoms with Crippen molar-refractivity contribution in [2.45, 2.75) is 32.4 Å². The Bertz CT molecular complexity index is 848. The number of hydrogen-bond donors (Lipinski definition) is 2. The molecule has 1 aromatic carbocycles. The maximum Gasteiger partial charge on any atom is 0.340 e. The summed E-state index contributed by atoms with van der Waals surface area (Å²) in [6, 6.07) is 7.26. The van der Waals surface area contributed by atoms with Crippen LogP contribution in [0.1, 0.15) is 31.1 Å². The van der Waals surface area contributed by atoms with Gasteiger partial charge in [0.2, 0.25) is 5.82 Å². The van der Waals surface area contributed by atoms with E-state index in [0.717, 1.165) is 24.8 Å². The lowest BCUT2D eigenvalue weighted by molar-refractivity contribution is 0.0158. The third kappa shape index (κ3) is 6.78. The van der Waals surface area contributed by atoms with E-state index in [-0.39, 0.29) is 12.1 Å². The summed E-state index contributed by atoms with van der Waals surface area (Å²) in [6.07, 6.45) is -0.504. The van der Waals surface area contributed by atoms with Crippen LogP contribution in [0.3, 0.4) is 0 Å². The molecule has 0 aliphatic carbocycles. The van der Waals surface area contributed by atoms with E-state index in [1.54, 1.807) is 13.1 Å². The summed E-state index contributed by atoms with van der Waals surface area (Å²) in [5.41, 5.74) is 1.07. The van der Waals surface area contributed by atoms with Crippen molar-refractivity contribution in [3.8, 4) is 5.88 Å². The Morgan fingerprint density at radius 2 is 2.00 bits per heavy atom. The zero-order chi connectivity index (χ0) is 22.3. The molecular weight excluding hydrogens is 418 g/mol. The lowest BCUT2D eigenvalue weighted by Gasteiger charge is -2.27. The zero-order valence-corrected chi connectivity index (χ0v) is 19.3. The van der Waals surface area contributed by atoms with Crippen LogP contribution in [-0.2, 0) is 9.47 Å². The van der Waals surface area contributed by atoms with Crippen LogP contribution in [0.5, 0.6) is 5.88 Å². The van der Waals surface area contributed by atoms with Crippen molar-refractivity contribution < 1.29 is 19.0 Å². The number of anilines is 2. The highest BCUT2D eigenvalue weighted by Gasteiger charge is 2.24. The minimum Gasteiger partial charge on any atom is -0.470 e. The van der Waals surface area contributed by atoms with Crippen molar-refractivity contribution in [1.29, 1.82) is 0 Å². The lowest BCUT2D eigenvalue weighted by Crippen LogP contribution is -2.44. The highest BCUT2D eigenvalue weighted by Crippen LogP contribution is 2.26. The van der Waals surface area contributed by atoms with Gasteiger partial charge in [0, 0.05) is 37.9 Å². The fraction of sp³-hybridized carbons (Fsp3) is 0.571. The van der Waals surface area contributed by atoms with Gasteiger partial charge in [0.25, 0.3) is 5.88 Å². The highest BCUT2D eigenvalue weighted by molar-refractivity contribution is 6.99. The molecule has 1 aromatic heterocycles.